The lowest BCUT2D eigenvalue weighted by atomic mass is 10.0. The molecule has 0 aliphatic carbocycles. The van der Waals surface area contributed by atoms with Crippen LogP contribution in [0.5, 0.6) is 0 Å². The molecule has 0 radical (unpaired) electrons. The fraction of sp³-hybridized carbons (Fsp3) is 0.350. The zero-order valence-electron chi connectivity index (χ0n) is 14.2. The summed E-state index contributed by atoms with van der Waals surface area (Å²) in [6, 6.07) is 12.8. The largest absolute Gasteiger partial charge is 0.260 e. The second kappa shape index (κ2) is 7.58. The quantitative estimate of drug-likeness (QED) is 0.377. The monoisotopic (exact) mass is 361 g/mol. The Bertz CT molecular complexity index is 852. The third-order valence-electron chi connectivity index (χ3n) is 4.50. The van der Waals surface area contributed by atoms with E-state index in [0.717, 1.165) is 25.1 Å². The summed E-state index contributed by atoms with van der Waals surface area (Å²) in [5.74, 6) is 0. The minimum absolute atomic E-state index is 0.583. The van der Waals surface area contributed by atoms with Gasteiger partial charge in [-0.2, -0.15) is 4.57 Å². The highest BCUT2D eigenvalue weighted by molar-refractivity contribution is 6.40. The predicted octanol–water partition coefficient (Wildman–Crippen LogP) is 5.98. The molecule has 3 aromatic rings. The van der Waals surface area contributed by atoms with Crippen LogP contribution in [0, 0.1) is 0 Å². The van der Waals surface area contributed by atoms with Crippen molar-refractivity contribution < 1.29 is 4.57 Å². The molecule has 126 valence electrons. The molecule has 0 unspecified atom stereocenters. The summed E-state index contributed by atoms with van der Waals surface area (Å²) in [4.78, 5) is 0. The van der Waals surface area contributed by atoms with Gasteiger partial charge in [-0.1, -0.05) is 56.7 Å². The molecule has 0 saturated carbocycles. The van der Waals surface area contributed by atoms with Crippen LogP contribution >= 0.6 is 23.2 Å². The first kappa shape index (κ1) is 17.3. The average Bonchev–Trinajstić information content (AvgIpc) is 2.89. The van der Waals surface area contributed by atoms with Gasteiger partial charge in [0, 0.05) is 5.39 Å². The Hall–Kier alpha value is -1.51. The molecule has 24 heavy (non-hydrogen) atoms. The van der Waals surface area contributed by atoms with E-state index >= 15 is 0 Å². The molecule has 0 spiro atoms. The summed E-state index contributed by atoms with van der Waals surface area (Å²) < 4.78 is 4.10. The Labute approximate surface area is 153 Å². The maximum atomic E-state index is 6.60. The highest BCUT2D eigenvalue weighted by atomic mass is 35.5. The molecule has 3 rings (SSSR count). The summed E-state index contributed by atoms with van der Waals surface area (Å²) in [5, 5.41) is 3.61. The molecule has 0 atom stereocenters. The lowest BCUT2D eigenvalue weighted by Crippen LogP contribution is -2.32. The number of fused-ring (bicyclic) bond motifs is 1. The smallest absolute Gasteiger partial charge is 0.219 e. The van der Waals surface area contributed by atoms with Gasteiger partial charge in [-0.3, -0.25) is 0 Å². The number of unbranched alkanes of at least 4 members (excludes halogenated alkanes) is 2. The van der Waals surface area contributed by atoms with Gasteiger partial charge in [-0.15, -0.1) is 0 Å². The minimum Gasteiger partial charge on any atom is -0.219 e. The van der Waals surface area contributed by atoms with Gasteiger partial charge >= 0.3 is 0 Å². The van der Waals surface area contributed by atoms with Gasteiger partial charge in [-0.25, -0.2) is 4.57 Å². The van der Waals surface area contributed by atoms with E-state index in [1.54, 1.807) is 0 Å². The van der Waals surface area contributed by atoms with Crippen molar-refractivity contribution >= 4 is 34.0 Å². The number of nitrogens with zero attached hydrogens (tertiary/aromatic N) is 2. The number of aryl methyl sites for hydroxylation is 2. The third-order valence-corrected chi connectivity index (χ3v) is 5.35. The molecule has 1 heterocycles. The molecule has 0 fully saturated rings. The number of hydrogen-bond acceptors (Lipinski definition) is 0. The first-order valence-corrected chi connectivity index (χ1v) is 9.39. The summed E-state index contributed by atoms with van der Waals surface area (Å²) in [6.45, 7) is 5.27. The first-order chi connectivity index (χ1) is 11.7. The first-order valence-electron chi connectivity index (χ1n) is 8.64. The Morgan fingerprint density at radius 1 is 1.00 bits per heavy atom. The van der Waals surface area contributed by atoms with E-state index in [-0.39, 0.29) is 0 Å². The lowest BCUT2D eigenvalue weighted by molar-refractivity contribution is -0.694. The fourth-order valence-corrected chi connectivity index (χ4v) is 3.63. The van der Waals surface area contributed by atoms with Crippen molar-refractivity contribution in [2.24, 2.45) is 0 Å². The number of rotatable bonds is 6. The van der Waals surface area contributed by atoms with Gasteiger partial charge in [0.25, 0.3) is 16.6 Å². The molecular formula is C20H23Cl2N2+. The van der Waals surface area contributed by atoms with Crippen molar-refractivity contribution in [2.45, 2.75) is 46.1 Å². The van der Waals surface area contributed by atoms with Crippen LogP contribution in [0.25, 0.3) is 16.5 Å². The van der Waals surface area contributed by atoms with Crippen molar-refractivity contribution in [3.05, 3.63) is 58.6 Å². The molecule has 1 aromatic heterocycles. The highest BCUT2D eigenvalue weighted by Crippen LogP contribution is 2.31. The molecule has 2 nitrogen and oxygen atoms in total. The summed E-state index contributed by atoms with van der Waals surface area (Å²) >= 11 is 13.1. The SMILES string of the molecule is CCCCC[n+]1cn(-c2c(CC)ccc3ccccc23)c(Cl)c1Cl. The van der Waals surface area contributed by atoms with Gasteiger partial charge in [0.1, 0.15) is 5.69 Å². The number of imidazole rings is 1. The van der Waals surface area contributed by atoms with Crippen molar-refractivity contribution in [3.8, 4) is 5.69 Å². The van der Waals surface area contributed by atoms with Crippen LogP contribution in [0.4, 0.5) is 0 Å². The van der Waals surface area contributed by atoms with E-state index in [4.69, 9.17) is 23.2 Å². The van der Waals surface area contributed by atoms with Crippen LogP contribution < -0.4 is 4.57 Å². The topological polar surface area (TPSA) is 8.81 Å². The summed E-state index contributed by atoms with van der Waals surface area (Å²) in [5.41, 5.74) is 2.40. The van der Waals surface area contributed by atoms with E-state index in [1.807, 2.05) is 10.9 Å². The zero-order valence-corrected chi connectivity index (χ0v) is 15.7. The molecule has 0 aliphatic heterocycles. The minimum atomic E-state index is 0.583. The molecule has 0 amide bonds. The van der Waals surface area contributed by atoms with E-state index in [0.29, 0.717) is 10.3 Å². The van der Waals surface area contributed by atoms with Crippen LogP contribution in [0.15, 0.2) is 42.7 Å². The van der Waals surface area contributed by atoms with E-state index in [9.17, 15) is 0 Å². The Kier molecular flexibility index (Phi) is 5.47. The van der Waals surface area contributed by atoms with Crippen LogP contribution in [-0.2, 0) is 13.0 Å². The molecule has 2 aromatic carbocycles. The van der Waals surface area contributed by atoms with E-state index in [2.05, 4.69) is 54.8 Å². The number of benzene rings is 2. The number of halogens is 2. The Morgan fingerprint density at radius 2 is 1.79 bits per heavy atom. The summed E-state index contributed by atoms with van der Waals surface area (Å²) in [6.07, 6.45) is 6.48. The van der Waals surface area contributed by atoms with Crippen LogP contribution in [-0.4, -0.2) is 4.57 Å². The van der Waals surface area contributed by atoms with Gasteiger partial charge in [0.15, 0.2) is 0 Å². The van der Waals surface area contributed by atoms with Gasteiger partial charge in [0.2, 0.25) is 0 Å². The van der Waals surface area contributed by atoms with Gasteiger partial charge < -0.3 is 0 Å². The normalized spacial score (nSPS) is 11.3. The van der Waals surface area contributed by atoms with Crippen LogP contribution in [0.3, 0.4) is 0 Å². The van der Waals surface area contributed by atoms with Crippen molar-refractivity contribution in [1.82, 2.24) is 4.57 Å². The highest BCUT2D eigenvalue weighted by Gasteiger charge is 2.24. The second-order valence-electron chi connectivity index (χ2n) is 6.12. The zero-order chi connectivity index (χ0) is 17.1. The van der Waals surface area contributed by atoms with Crippen molar-refractivity contribution in [2.75, 3.05) is 0 Å². The molecule has 0 aliphatic rings. The standard InChI is InChI=1S/C20H23Cl2N2/c1-3-5-8-13-23-14-24(20(22)19(23)21)18-15(4-2)11-12-16-9-6-7-10-17(16)18/h6-7,9-12,14H,3-5,8,13H2,1-2H3/q+1. The van der Waals surface area contributed by atoms with Crippen molar-refractivity contribution in [1.29, 1.82) is 0 Å². The molecular weight excluding hydrogens is 339 g/mol. The molecule has 0 bridgehead atoms. The molecule has 0 saturated heterocycles. The number of hydrogen-bond donors (Lipinski definition) is 0. The lowest BCUT2D eigenvalue weighted by Gasteiger charge is -2.09. The van der Waals surface area contributed by atoms with Crippen LogP contribution in [0.2, 0.25) is 10.3 Å². The maximum absolute atomic E-state index is 6.60. The number of aromatic nitrogens is 2. The predicted molar refractivity (Wildman–Crippen MR) is 102 cm³/mol. The Morgan fingerprint density at radius 3 is 2.54 bits per heavy atom. The molecule has 0 N–H and O–H groups in total. The van der Waals surface area contributed by atoms with Crippen LogP contribution in [0.1, 0.15) is 38.7 Å². The van der Waals surface area contributed by atoms with E-state index < -0.39 is 0 Å². The fourth-order valence-electron chi connectivity index (χ4n) is 3.17. The van der Waals surface area contributed by atoms with Gasteiger partial charge in [0.05, 0.1) is 6.54 Å². The third kappa shape index (κ3) is 3.18. The van der Waals surface area contributed by atoms with E-state index in [1.165, 1.54) is 29.2 Å². The molecule has 4 heteroatoms. The Balaban J connectivity index is 2.15. The summed E-state index contributed by atoms with van der Waals surface area (Å²) in [7, 11) is 0. The second-order valence-corrected chi connectivity index (χ2v) is 6.83. The van der Waals surface area contributed by atoms with Crippen molar-refractivity contribution in [3.63, 3.8) is 0 Å². The van der Waals surface area contributed by atoms with Gasteiger partial charge in [-0.05, 0) is 53.4 Å². The maximum Gasteiger partial charge on any atom is 0.260 e. The average molecular weight is 362 g/mol.